The Balaban J connectivity index is 1.66. The zero-order valence-electron chi connectivity index (χ0n) is 15.0. The lowest BCUT2D eigenvalue weighted by Gasteiger charge is -2.15. The Morgan fingerprint density at radius 2 is 1.80 bits per heavy atom. The minimum atomic E-state index is -0.516. The number of para-hydroxylation sites is 1. The summed E-state index contributed by atoms with van der Waals surface area (Å²) in [6.07, 6.45) is -0.516. The lowest BCUT2D eigenvalue weighted by Crippen LogP contribution is -2.35. The van der Waals surface area contributed by atoms with E-state index < -0.39 is 6.10 Å². The van der Waals surface area contributed by atoms with E-state index >= 15 is 0 Å². The molecule has 3 aromatic rings. The van der Waals surface area contributed by atoms with E-state index in [2.05, 4.69) is 49.3 Å². The van der Waals surface area contributed by atoms with Gasteiger partial charge in [0.15, 0.2) is 0 Å². The number of aliphatic hydroxyl groups is 1. The molecule has 0 saturated carbocycles. The summed E-state index contributed by atoms with van der Waals surface area (Å²) >= 11 is 0. The molecule has 0 fully saturated rings. The molecular formula is C21H26N2O2. The zero-order valence-corrected chi connectivity index (χ0v) is 15.0. The van der Waals surface area contributed by atoms with E-state index in [0.717, 1.165) is 22.5 Å². The number of aliphatic hydroxyl groups excluding tert-OH is 1. The quantitative estimate of drug-likeness (QED) is 0.613. The van der Waals surface area contributed by atoms with Gasteiger partial charge in [-0.05, 0) is 48.4 Å². The van der Waals surface area contributed by atoms with Gasteiger partial charge in [0.1, 0.15) is 18.5 Å². The van der Waals surface area contributed by atoms with Crippen LogP contribution in [0.15, 0.2) is 48.5 Å². The first-order valence-electron chi connectivity index (χ1n) is 8.76. The summed E-state index contributed by atoms with van der Waals surface area (Å²) in [4.78, 5) is 3.49. The fraction of sp³-hybridized carbons (Fsp3) is 0.333. The highest BCUT2D eigenvalue weighted by Gasteiger charge is 2.10. The molecule has 1 unspecified atom stereocenters. The van der Waals surface area contributed by atoms with E-state index in [0.29, 0.717) is 12.6 Å². The molecule has 0 bridgehead atoms. The summed E-state index contributed by atoms with van der Waals surface area (Å²) in [5, 5.41) is 14.4. The van der Waals surface area contributed by atoms with Crippen molar-refractivity contribution in [2.24, 2.45) is 0 Å². The molecule has 132 valence electrons. The monoisotopic (exact) mass is 338 g/mol. The maximum Gasteiger partial charge on any atom is 0.119 e. The van der Waals surface area contributed by atoms with E-state index in [1.54, 1.807) is 0 Å². The molecule has 3 rings (SSSR count). The number of H-pyrrole nitrogens is 1. The molecule has 0 aliphatic rings. The fourth-order valence-electron chi connectivity index (χ4n) is 2.91. The molecule has 1 aromatic heterocycles. The van der Waals surface area contributed by atoms with Crippen LogP contribution >= 0.6 is 0 Å². The van der Waals surface area contributed by atoms with Crippen molar-refractivity contribution < 1.29 is 9.84 Å². The summed E-state index contributed by atoms with van der Waals surface area (Å²) in [7, 11) is 0. The molecule has 25 heavy (non-hydrogen) atoms. The Kier molecular flexibility index (Phi) is 5.41. The van der Waals surface area contributed by atoms with Crippen LogP contribution < -0.4 is 10.1 Å². The van der Waals surface area contributed by atoms with Crippen LogP contribution in [0.3, 0.4) is 0 Å². The van der Waals surface area contributed by atoms with Gasteiger partial charge in [0.25, 0.3) is 0 Å². The van der Waals surface area contributed by atoms with Crippen molar-refractivity contribution in [3.05, 3.63) is 54.1 Å². The molecular weight excluding hydrogens is 312 g/mol. The lowest BCUT2D eigenvalue weighted by atomic mass is 10.1. The van der Waals surface area contributed by atoms with E-state index in [1.165, 1.54) is 10.9 Å². The number of aryl methyl sites for hydroxylation is 1. The Hall–Kier alpha value is -2.30. The van der Waals surface area contributed by atoms with Gasteiger partial charge in [0, 0.05) is 29.2 Å². The largest absolute Gasteiger partial charge is 0.491 e. The number of aromatic amines is 1. The number of fused-ring (bicyclic) bond motifs is 1. The Morgan fingerprint density at radius 1 is 1.08 bits per heavy atom. The third-order valence-corrected chi connectivity index (χ3v) is 4.31. The van der Waals surface area contributed by atoms with Crippen LogP contribution in [0, 0.1) is 6.92 Å². The van der Waals surface area contributed by atoms with E-state index in [1.807, 2.05) is 30.3 Å². The number of ether oxygens (including phenoxy) is 1. The second kappa shape index (κ2) is 7.72. The Labute approximate surface area is 148 Å². The summed E-state index contributed by atoms with van der Waals surface area (Å²) in [5.41, 5.74) is 4.66. The summed E-state index contributed by atoms with van der Waals surface area (Å²) in [6.45, 7) is 7.06. The molecule has 0 aliphatic heterocycles. The summed E-state index contributed by atoms with van der Waals surface area (Å²) < 4.78 is 5.68. The van der Waals surface area contributed by atoms with Gasteiger partial charge in [-0.15, -0.1) is 0 Å². The molecule has 1 heterocycles. The highest BCUT2D eigenvalue weighted by molar-refractivity contribution is 5.90. The third-order valence-electron chi connectivity index (χ3n) is 4.31. The average molecular weight is 338 g/mol. The minimum absolute atomic E-state index is 0.282. The first-order valence-corrected chi connectivity index (χ1v) is 8.76. The van der Waals surface area contributed by atoms with Crippen molar-refractivity contribution in [2.45, 2.75) is 32.9 Å². The molecule has 0 saturated heterocycles. The highest BCUT2D eigenvalue weighted by Crippen LogP contribution is 2.30. The van der Waals surface area contributed by atoms with Crippen molar-refractivity contribution in [1.29, 1.82) is 0 Å². The molecule has 3 N–H and O–H groups in total. The standard InChI is InChI=1S/C21H26N2O2/c1-14(2)22-12-17(24)13-25-18-10-8-16(9-11-18)21-15(3)19-6-4-5-7-20(19)23-21/h4-11,14,17,22-24H,12-13H2,1-3H3. The normalized spacial score (nSPS) is 12.7. The minimum Gasteiger partial charge on any atom is -0.491 e. The van der Waals surface area contributed by atoms with Crippen molar-refractivity contribution in [3.8, 4) is 17.0 Å². The Morgan fingerprint density at radius 3 is 2.48 bits per heavy atom. The highest BCUT2D eigenvalue weighted by atomic mass is 16.5. The van der Waals surface area contributed by atoms with Crippen molar-refractivity contribution in [1.82, 2.24) is 10.3 Å². The molecule has 1 atom stereocenters. The maximum atomic E-state index is 9.92. The zero-order chi connectivity index (χ0) is 17.8. The average Bonchev–Trinajstić information content (AvgIpc) is 2.96. The number of hydrogen-bond donors (Lipinski definition) is 3. The lowest BCUT2D eigenvalue weighted by molar-refractivity contribution is 0.104. The van der Waals surface area contributed by atoms with Gasteiger partial charge in [-0.1, -0.05) is 32.0 Å². The second-order valence-corrected chi connectivity index (χ2v) is 6.72. The van der Waals surface area contributed by atoms with Crippen LogP contribution in [0.1, 0.15) is 19.4 Å². The number of hydrogen-bond acceptors (Lipinski definition) is 3. The van der Waals surface area contributed by atoms with Crippen molar-refractivity contribution in [2.75, 3.05) is 13.2 Å². The van der Waals surface area contributed by atoms with Gasteiger partial charge in [0.2, 0.25) is 0 Å². The second-order valence-electron chi connectivity index (χ2n) is 6.72. The van der Waals surface area contributed by atoms with E-state index in [4.69, 9.17) is 4.74 Å². The van der Waals surface area contributed by atoms with E-state index in [-0.39, 0.29) is 6.61 Å². The van der Waals surface area contributed by atoms with Gasteiger partial charge in [-0.3, -0.25) is 0 Å². The van der Waals surface area contributed by atoms with Crippen molar-refractivity contribution in [3.63, 3.8) is 0 Å². The van der Waals surface area contributed by atoms with Crippen molar-refractivity contribution >= 4 is 10.9 Å². The molecule has 2 aromatic carbocycles. The van der Waals surface area contributed by atoms with E-state index in [9.17, 15) is 5.11 Å². The van der Waals surface area contributed by atoms with Gasteiger partial charge < -0.3 is 20.1 Å². The van der Waals surface area contributed by atoms with Gasteiger partial charge in [0.05, 0.1) is 0 Å². The molecule has 0 amide bonds. The van der Waals surface area contributed by atoms with Crippen LogP contribution in [-0.2, 0) is 0 Å². The number of rotatable bonds is 7. The maximum absolute atomic E-state index is 9.92. The Bertz CT molecular complexity index is 822. The number of benzene rings is 2. The van der Waals surface area contributed by atoms with Gasteiger partial charge in [-0.2, -0.15) is 0 Å². The van der Waals surface area contributed by atoms with Crippen LogP contribution in [0.5, 0.6) is 5.75 Å². The molecule has 0 spiro atoms. The first kappa shape index (κ1) is 17.5. The predicted octanol–water partition coefficient (Wildman–Crippen LogP) is 3.88. The SMILES string of the molecule is Cc1c(-c2ccc(OCC(O)CNC(C)C)cc2)[nH]c2ccccc12. The van der Waals surface area contributed by atoms with Crippen LogP contribution in [0.25, 0.3) is 22.2 Å². The number of nitrogens with one attached hydrogen (secondary N) is 2. The van der Waals surface area contributed by atoms with Gasteiger partial charge in [-0.25, -0.2) is 0 Å². The molecule has 4 nitrogen and oxygen atoms in total. The van der Waals surface area contributed by atoms with Crippen LogP contribution in [0.4, 0.5) is 0 Å². The molecule has 0 radical (unpaired) electrons. The summed E-state index contributed by atoms with van der Waals surface area (Å²) in [6, 6.07) is 16.7. The third kappa shape index (κ3) is 4.21. The smallest absolute Gasteiger partial charge is 0.119 e. The molecule has 0 aliphatic carbocycles. The fourth-order valence-corrected chi connectivity index (χ4v) is 2.91. The van der Waals surface area contributed by atoms with Crippen LogP contribution in [0.2, 0.25) is 0 Å². The predicted molar refractivity (Wildman–Crippen MR) is 103 cm³/mol. The molecule has 4 heteroatoms. The summed E-state index contributed by atoms with van der Waals surface area (Å²) in [5.74, 6) is 0.765. The van der Waals surface area contributed by atoms with Gasteiger partial charge >= 0.3 is 0 Å². The van der Waals surface area contributed by atoms with Crippen LogP contribution in [-0.4, -0.2) is 35.4 Å². The number of aromatic nitrogens is 1. The topological polar surface area (TPSA) is 57.3 Å². The first-order chi connectivity index (χ1) is 12.0.